The number of halogens is 1. The highest BCUT2D eigenvalue weighted by Crippen LogP contribution is 2.46. The Labute approximate surface area is 101 Å². The third-order valence-electron chi connectivity index (χ3n) is 3.81. The Balaban J connectivity index is 2.24. The van der Waals surface area contributed by atoms with Crippen LogP contribution in [0.4, 0.5) is 0 Å². The van der Waals surface area contributed by atoms with Crippen molar-refractivity contribution in [2.75, 3.05) is 6.61 Å². The summed E-state index contributed by atoms with van der Waals surface area (Å²) in [4.78, 5) is 0. The Kier molecular flexibility index (Phi) is 3.53. The lowest BCUT2D eigenvalue weighted by molar-refractivity contribution is 0.164. The van der Waals surface area contributed by atoms with Crippen LogP contribution < -0.4 is 5.73 Å². The molecule has 0 spiro atoms. The van der Waals surface area contributed by atoms with Gasteiger partial charge in [-0.2, -0.15) is 0 Å². The Morgan fingerprint density at radius 2 is 1.94 bits per heavy atom. The zero-order valence-electron chi connectivity index (χ0n) is 9.32. The van der Waals surface area contributed by atoms with Crippen molar-refractivity contribution >= 4 is 11.6 Å². The number of aliphatic hydroxyl groups excluding tert-OH is 1. The van der Waals surface area contributed by atoms with Crippen molar-refractivity contribution < 1.29 is 5.11 Å². The molecule has 1 aromatic rings. The van der Waals surface area contributed by atoms with Gasteiger partial charge < -0.3 is 10.8 Å². The molecule has 0 amide bonds. The molecule has 2 rings (SSSR count). The van der Waals surface area contributed by atoms with Crippen molar-refractivity contribution in [3.05, 3.63) is 34.9 Å². The predicted molar refractivity (Wildman–Crippen MR) is 66.7 cm³/mol. The third-order valence-corrected chi connectivity index (χ3v) is 4.07. The van der Waals surface area contributed by atoms with Crippen LogP contribution in [0.3, 0.4) is 0 Å². The summed E-state index contributed by atoms with van der Waals surface area (Å²) >= 11 is 5.89. The summed E-state index contributed by atoms with van der Waals surface area (Å²) in [5.41, 5.74) is 7.55. The Bertz CT molecular complexity index is 345. The first-order valence-electron chi connectivity index (χ1n) is 5.81. The van der Waals surface area contributed by atoms with E-state index in [0.29, 0.717) is 6.42 Å². The molecule has 1 atom stereocenters. The molecule has 1 fully saturated rings. The van der Waals surface area contributed by atoms with Gasteiger partial charge in [-0.15, -0.1) is 0 Å². The van der Waals surface area contributed by atoms with Crippen molar-refractivity contribution in [3.63, 3.8) is 0 Å². The summed E-state index contributed by atoms with van der Waals surface area (Å²) in [6.07, 6.45) is 4.13. The van der Waals surface area contributed by atoms with E-state index in [-0.39, 0.29) is 18.1 Å². The maximum atomic E-state index is 9.01. The molecule has 0 radical (unpaired) electrons. The van der Waals surface area contributed by atoms with Gasteiger partial charge in [-0.05, 0) is 37.0 Å². The van der Waals surface area contributed by atoms with Gasteiger partial charge in [-0.25, -0.2) is 0 Å². The predicted octanol–water partition coefficient (Wildman–Crippen LogP) is 2.47. The summed E-state index contributed by atoms with van der Waals surface area (Å²) in [5.74, 6) is 0. The van der Waals surface area contributed by atoms with Crippen molar-refractivity contribution in [1.82, 2.24) is 0 Å². The zero-order chi connectivity index (χ0) is 11.6. The molecule has 3 heteroatoms. The van der Waals surface area contributed by atoms with E-state index in [1.54, 1.807) is 0 Å². The Morgan fingerprint density at radius 1 is 1.31 bits per heavy atom. The average Bonchev–Trinajstić information content (AvgIpc) is 2.19. The monoisotopic (exact) mass is 239 g/mol. The fourth-order valence-corrected chi connectivity index (χ4v) is 2.75. The SMILES string of the molecule is NC(CCO)C1(c2ccc(Cl)cc2)CCC1. The summed E-state index contributed by atoms with van der Waals surface area (Å²) in [6.45, 7) is 0.163. The first-order chi connectivity index (χ1) is 7.69. The minimum absolute atomic E-state index is 0.0485. The van der Waals surface area contributed by atoms with E-state index < -0.39 is 0 Å². The van der Waals surface area contributed by atoms with Crippen LogP contribution in [0.2, 0.25) is 5.02 Å². The van der Waals surface area contributed by atoms with Gasteiger partial charge in [0, 0.05) is 23.1 Å². The summed E-state index contributed by atoms with van der Waals surface area (Å²) < 4.78 is 0. The third kappa shape index (κ3) is 1.97. The van der Waals surface area contributed by atoms with Crippen molar-refractivity contribution in [1.29, 1.82) is 0 Å². The number of nitrogens with two attached hydrogens (primary N) is 1. The molecule has 1 aliphatic rings. The molecule has 0 aliphatic heterocycles. The molecule has 88 valence electrons. The first kappa shape index (κ1) is 11.9. The summed E-state index contributed by atoms with van der Waals surface area (Å²) in [6, 6.07) is 8.02. The smallest absolute Gasteiger partial charge is 0.0446 e. The quantitative estimate of drug-likeness (QED) is 0.848. The molecule has 0 bridgehead atoms. The number of aliphatic hydroxyl groups is 1. The van der Waals surface area contributed by atoms with Gasteiger partial charge in [0.15, 0.2) is 0 Å². The first-order valence-corrected chi connectivity index (χ1v) is 6.19. The molecule has 16 heavy (non-hydrogen) atoms. The molecule has 0 aromatic heterocycles. The van der Waals surface area contributed by atoms with E-state index in [0.717, 1.165) is 17.9 Å². The fraction of sp³-hybridized carbons (Fsp3) is 0.538. The maximum Gasteiger partial charge on any atom is 0.0446 e. The number of hydrogen-bond donors (Lipinski definition) is 2. The second kappa shape index (κ2) is 4.74. The molecule has 0 heterocycles. The largest absolute Gasteiger partial charge is 0.396 e. The van der Waals surface area contributed by atoms with Crippen molar-refractivity contribution in [2.24, 2.45) is 5.73 Å². The van der Waals surface area contributed by atoms with E-state index in [1.807, 2.05) is 12.1 Å². The molecule has 1 aliphatic carbocycles. The second-order valence-corrected chi connectivity index (χ2v) is 5.07. The van der Waals surface area contributed by atoms with Crippen molar-refractivity contribution in [2.45, 2.75) is 37.1 Å². The highest BCUT2D eigenvalue weighted by molar-refractivity contribution is 6.30. The molecule has 1 unspecified atom stereocenters. The zero-order valence-corrected chi connectivity index (χ0v) is 10.1. The Morgan fingerprint density at radius 3 is 2.38 bits per heavy atom. The lowest BCUT2D eigenvalue weighted by Crippen LogP contribution is -2.50. The molecule has 2 nitrogen and oxygen atoms in total. The van der Waals surface area contributed by atoms with Crippen LogP contribution in [0.5, 0.6) is 0 Å². The van der Waals surface area contributed by atoms with Crippen LogP contribution >= 0.6 is 11.6 Å². The van der Waals surface area contributed by atoms with Gasteiger partial charge in [0.05, 0.1) is 0 Å². The van der Waals surface area contributed by atoms with Crippen LogP contribution in [0, 0.1) is 0 Å². The number of rotatable bonds is 4. The lowest BCUT2D eigenvalue weighted by Gasteiger charge is -2.47. The average molecular weight is 240 g/mol. The molecule has 1 aromatic carbocycles. The number of benzene rings is 1. The van der Waals surface area contributed by atoms with E-state index in [4.69, 9.17) is 22.4 Å². The second-order valence-electron chi connectivity index (χ2n) is 4.64. The van der Waals surface area contributed by atoms with Gasteiger partial charge >= 0.3 is 0 Å². The van der Waals surface area contributed by atoms with Gasteiger partial charge in [0.2, 0.25) is 0 Å². The maximum absolute atomic E-state index is 9.01. The molecular formula is C13H18ClNO. The molecule has 1 saturated carbocycles. The number of hydrogen-bond acceptors (Lipinski definition) is 2. The topological polar surface area (TPSA) is 46.2 Å². The van der Waals surface area contributed by atoms with Gasteiger partial charge in [0.1, 0.15) is 0 Å². The van der Waals surface area contributed by atoms with E-state index in [9.17, 15) is 0 Å². The van der Waals surface area contributed by atoms with Crippen LogP contribution in [0.1, 0.15) is 31.2 Å². The van der Waals surface area contributed by atoms with E-state index in [2.05, 4.69) is 12.1 Å². The molecular weight excluding hydrogens is 222 g/mol. The van der Waals surface area contributed by atoms with Gasteiger partial charge in [-0.3, -0.25) is 0 Å². The van der Waals surface area contributed by atoms with Gasteiger partial charge in [0.25, 0.3) is 0 Å². The standard InChI is InChI=1S/C13H18ClNO/c14-11-4-2-10(3-5-11)13(7-1-8-13)12(15)6-9-16/h2-5,12,16H,1,6-9,15H2. The minimum Gasteiger partial charge on any atom is -0.396 e. The molecule has 0 saturated heterocycles. The van der Waals surface area contributed by atoms with Crippen LogP contribution in [0.25, 0.3) is 0 Å². The van der Waals surface area contributed by atoms with Crippen LogP contribution in [-0.2, 0) is 5.41 Å². The van der Waals surface area contributed by atoms with E-state index in [1.165, 1.54) is 12.0 Å². The van der Waals surface area contributed by atoms with Crippen molar-refractivity contribution in [3.8, 4) is 0 Å². The van der Waals surface area contributed by atoms with Crippen LogP contribution in [-0.4, -0.2) is 17.8 Å². The van der Waals surface area contributed by atoms with Crippen LogP contribution in [0.15, 0.2) is 24.3 Å². The fourth-order valence-electron chi connectivity index (χ4n) is 2.63. The summed E-state index contributed by atoms with van der Waals surface area (Å²) in [7, 11) is 0. The molecule has 3 N–H and O–H groups in total. The summed E-state index contributed by atoms with van der Waals surface area (Å²) in [5, 5.41) is 9.77. The Hall–Kier alpha value is -0.570. The highest BCUT2D eigenvalue weighted by atomic mass is 35.5. The van der Waals surface area contributed by atoms with Gasteiger partial charge in [-0.1, -0.05) is 30.2 Å². The minimum atomic E-state index is 0.0485. The lowest BCUT2D eigenvalue weighted by atomic mass is 9.60. The normalized spacial score (nSPS) is 20.2. The highest BCUT2D eigenvalue weighted by Gasteiger charge is 2.43. The van der Waals surface area contributed by atoms with E-state index >= 15 is 0 Å².